The Hall–Kier alpha value is -0.600. The number of nitrogens with one attached hydrogen (secondary N) is 1. The lowest BCUT2D eigenvalue weighted by Gasteiger charge is -2.27. The van der Waals surface area contributed by atoms with E-state index in [0.717, 1.165) is 18.5 Å². The van der Waals surface area contributed by atoms with E-state index in [-0.39, 0.29) is 16.4 Å². The fraction of sp³-hybridized carbons (Fsp3) is 0.625. The number of rotatable bonds is 5. The maximum Gasteiger partial charge on any atom is 0.142 e. The van der Waals surface area contributed by atoms with Gasteiger partial charge in [-0.25, -0.2) is 4.39 Å². The Morgan fingerprint density at radius 1 is 1.26 bits per heavy atom. The Kier molecular flexibility index (Phi) is 5.82. The van der Waals surface area contributed by atoms with E-state index in [1.54, 1.807) is 12.1 Å². The average Bonchev–Trinajstić information content (AvgIpc) is 2.27. The zero-order valence-corrected chi connectivity index (χ0v) is 13.3. The summed E-state index contributed by atoms with van der Waals surface area (Å²) in [6, 6.07) is 5.10. The van der Waals surface area contributed by atoms with Crippen molar-refractivity contribution >= 4 is 11.6 Å². The lowest BCUT2D eigenvalue weighted by Crippen LogP contribution is -2.40. The maximum atomic E-state index is 13.5. The highest BCUT2D eigenvalue weighted by Gasteiger charge is 2.18. The van der Waals surface area contributed by atoms with E-state index >= 15 is 0 Å². The Balaban J connectivity index is 2.70. The molecule has 0 aliphatic heterocycles. The predicted molar refractivity (Wildman–Crippen MR) is 81.2 cm³/mol. The molecule has 0 heterocycles. The first-order chi connectivity index (χ1) is 8.69. The number of hydrogen-bond acceptors (Lipinski definition) is 1. The minimum Gasteiger partial charge on any atom is -0.312 e. The van der Waals surface area contributed by atoms with Crippen molar-refractivity contribution in [1.82, 2.24) is 5.32 Å². The number of hydrogen-bond donors (Lipinski definition) is 1. The molecular formula is C16H25ClFN. The van der Waals surface area contributed by atoms with Gasteiger partial charge in [0.2, 0.25) is 0 Å². The Labute approximate surface area is 121 Å². The van der Waals surface area contributed by atoms with E-state index in [4.69, 9.17) is 11.6 Å². The highest BCUT2D eigenvalue weighted by molar-refractivity contribution is 6.30. The van der Waals surface area contributed by atoms with Gasteiger partial charge in [-0.05, 0) is 63.3 Å². The SMILES string of the molecule is CC(C)C(CNC(C)(C)C)Cc1ccc(Cl)c(F)c1. The van der Waals surface area contributed by atoms with Crippen molar-refractivity contribution in [2.24, 2.45) is 11.8 Å². The maximum absolute atomic E-state index is 13.5. The lowest BCUT2D eigenvalue weighted by molar-refractivity contribution is 0.312. The summed E-state index contributed by atoms with van der Waals surface area (Å²) in [6.45, 7) is 11.8. The molecule has 1 aromatic carbocycles. The van der Waals surface area contributed by atoms with E-state index in [0.29, 0.717) is 11.8 Å². The molecule has 0 bridgehead atoms. The third-order valence-electron chi connectivity index (χ3n) is 3.32. The van der Waals surface area contributed by atoms with Crippen LogP contribution in [0.2, 0.25) is 5.02 Å². The first kappa shape index (κ1) is 16.5. The standard InChI is InChI=1S/C16H25ClFN/c1-11(2)13(10-19-16(3,4)5)8-12-6-7-14(17)15(18)9-12/h6-7,9,11,13,19H,8,10H2,1-5H3. The smallest absolute Gasteiger partial charge is 0.142 e. The summed E-state index contributed by atoms with van der Waals surface area (Å²) >= 11 is 5.71. The minimum atomic E-state index is -0.328. The minimum absolute atomic E-state index is 0.110. The number of benzene rings is 1. The molecule has 3 heteroatoms. The van der Waals surface area contributed by atoms with Crippen molar-refractivity contribution < 1.29 is 4.39 Å². The third-order valence-corrected chi connectivity index (χ3v) is 3.63. The molecule has 0 saturated carbocycles. The number of halogens is 2. The summed E-state index contributed by atoms with van der Waals surface area (Å²) in [5, 5.41) is 3.72. The molecule has 1 aromatic rings. The van der Waals surface area contributed by atoms with Crippen LogP contribution in [0.15, 0.2) is 18.2 Å². The summed E-state index contributed by atoms with van der Waals surface area (Å²) in [4.78, 5) is 0. The molecule has 108 valence electrons. The van der Waals surface area contributed by atoms with Crippen LogP contribution in [0.5, 0.6) is 0 Å². The molecule has 19 heavy (non-hydrogen) atoms. The highest BCUT2D eigenvalue weighted by Crippen LogP contribution is 2.21. The molecular weight excluding hydrogens is 261 g/mol. The van der Waals surface area contributed by atoms with Crippen molar-refractivity contribution in [2.45, 2.75) is 46.6 Å². The molecule has 0 spiro atoms. The van der Waals surface area contributed by atoms with Gasteiger partial charge < -0.3 is 5.32 Å². The summed E-state index contributed by atoms with van der Waals surface area (Å²) < 4.78 is 13.5. The first-order valence-electron chi connectivity index (χ1n) is 6.88. The van der Waals surface area contributed by atoms with Crippen molar-refractivity contribution in [3.05, 3.63) is 34.6 Å². The molecule has 1 rings (SSSR count). The van der Waals surface area contributed by atoms with Crippen LogP contribution in [0.25, 0.3) is 0 Å². The second-order valence-electron chi connectivity index (χ2n) is 6.59. The Bertz CT molecular complexity index is 410. The van der Waals surface area contributed by atoms with Crippen LogP contribution in [-0.2, 0) is 6.42 Å². The fourth-order valence-corrected chi connectivity index (χ4v) is 2.07. The topological polar surface area (TPSA) is 12.0 Å². The zero-order valence-electron chi connectivity index (χ0n) is 12.6. The van der Waals surface area contributed by atoms with E-state index < -0.39 is 0 Å². The molecule has 1 nitrogen and oxygen atoms in total. The van der Waals surface area contributed by atoms with Gasteiger partial charge in [-0.1, -0.05) is 31.5 Å². The van der Waals surface area contributed by atoms with E-state index in [1.165, 1.54) is 0 Å². The van der Waals surface area contributed by atoms with Crippen molar-refractivity contribution in [3.8, 4) is 0 Å². The van der Waals surface area contributed by atoms with Crippen LogP contribution in [0.4, 0.5) is 4.39 Å². The fourth-order valence-electron chi connectivity index (χ4n) is 1.95. The molecule has 1 N–H and O–H groups in total. The van der Waals surface area contributed by atoms with Gasteiger partial charge in [-0.3, -0.25) is 0 Å². The molecule has 0 amide bonds. The summed E-state index contributed by atoms with van der Waals surface area (Å²) in [7, 11) is 0. The lowest BCUT2D eigenvalue weighted by atomic mass is 9.88. The molecule has 0 aliphatic carbocycles. The first-order valence-corrected chi connectivity index (χ1v) is 7.26. The second-order valence-corrected chi connectivity index (χ2v) is 6.99. The normalized spacial score (nSPS) is 13.9. The van der Waals surface area contributed by atoms with Crippen LogP contribution in [0.1, 0.15) is 40.2 Å². The van der Waals surface area contributed by atoms with Crippen molar-refractivity contribution in [1.29, 1.82) is 0 Å². The molecule has 0 aromatic heterocycles. The quantitative estimate of drug-likeness (QED) is 0.828. The van der Waals surface area contributed by atoms with Crippen LogP contribution in [-0.4, -0.2) is 12.1 Å². The largest absolute Gasteiger partial charge is 0.312 e. The molecule has 1 atom stereocenters. The van der Waals surface area contributed by atoms with Gasteiger partial charge in [0.15, 0.2) is 0 Å². The molecule has 1 unspecified atom stereocenters. The van der Waals surface area contributed by atoms with Crippen LogP contribution in [0, 0.1) is 17.7 Å². The Morgan fingerprint density at radius 2 is 1.89 bits per heavy atom. The average molecular weight is 286 g/mol. The van der Waals surface area contributed by atoms with Crippen LogP contribution >= 0.6 is 11.6 Å². The summed E-state index contributed by atoms with van der Waals surface area (Å²) in [5.41, 5.74) is 1.12. The highest BCUT2D eigenvalue weighted by atomic mass is 35.5. The monoisotopic (exact) mass is 285 g/mol. The van der Waals surface area contributed by atoms with E-state index in [1.807, 2.05) is 6.07 Å². The van der Waals surface area contributed by atoms with Gasteiger partial charge in [0.25, 0.3) is 0 Å². The predicted octanol–water partition coefficient (Wildman–Crippen LogP) is 4.68. The summed E-state index contributed by atoms with van der Waals surface area (Å²) in [5.74, 6) is 0.707. The van der Waals surface area contributed by atoms with E-state index in [9.17, 15) is 4.39 Å². The Morgan fingerprint density at radius 3 is 2.37 bits per heavy atom. The van der Waals surface area contributed by atoms with Gasteiger partial charge in [-0.15, -0.1) is 0 Å². The van der Waals surface area contributed by atoms with Gasteiger partial charge in [0, 0.05) is 5.54 Å². The van der Waals surface area contributed by atoms with Crippen molar-refractivity contribution in [2.75, 3.05) is 6.54 Å². The molecule has 0 radical (unpaired) electrons. The second kappa shape index (κ2) is 6.71. The van der Waals surface area contributed by atoms with Crippen molar-refractivity contribution in [3.63, 3.8) is 0 Å². The third kappa shape index (κ3) is 5.92. The van der Waals surface area contributed by atoms with Gasteiger partial charge in [0.05, 0.1) is 5.02 Å². The van der Waals surface area contributed by atoms with Crippen LogP contribution in [0.3, 0.4) is 0 Å². The van der Waals surface area contributed by atoms with E-state index in [2.05, 4.69) is 39.9 Å². The molecule has 0 aliphatic rings. The van der Waals surface area contributed by atoms with Gasteiger partial charge >= 0.3 is 0 Å². The summed E-state index contributed by atoms with van der Waals surface area (Å²) in [6.07, 6.45) is 0.870. The zero-order chi connectivity index (χ0) is 14.6. The molecule has 0 fully saturated rings. The van der Waals surface area contributed by atoms with Gasteiger partial charge in [-0.2, -0.15) is 0 Å². The molecule has 0 saturated heterocycles. The van der Waals surface area contributed by atoms with Crippen LogP contribution < -0.4 is 5.32 Å². The van der Waals surface area contributed by atoms with Gasteiger partial charge in [0.1, 0.15) is 5.82 Å².